The van der Waals surface area contributed by atoms with E-state index in [4.69, 9.17) is 11.0 Å². The molecular weight excluding hydrogens is 142 g/mol. The monoisotopic (exact) mass is 151 g/mol. The number of ketones is 1. The lowest BCUT2D eigenvalue weighted by molar-refractivity contribution is -0.114. The van der Waals surface area contributed by atoms with Gasteiger partial charge >= 0.3 is 0 Å². The number of nitriles is 1. The van der Waals surface area contributed by atoms with Crippen LogP contribution >= 0.6 is 0 Å². The number of Topliss-reactive ketones (excluding diaryl/α,β-unsaturated/α-hetero) is 1. The van der Waals surface area contributed by atoms with Crippen molar-refractivity contribution in [3.05, 3.63) is 11.4 Å². The van der Waals surface area contributed by atoms with E-state index >= 15 is 0 Å². The zero-order valence-electron chi connectivity index (χ0n) is 6.29. The molecule has 1 rings (SSSR count). The third-order valence-electron chi connectivity index (χ3n) is 1.70. The van der Waals surface area contributed by atoms with Gasteiger partial charge < -0.3 is 10.6 Å². The predicted octanol–water partition coefficient (Wildman–Crippen LogP) is -0.415. The van der Waals surface area contributed by atoms with Crippen LogP contribution in [0.3, 0.4) is 0 Å². The summed E-state index contributed by atoms with van der Waals surface area (Å²) in [6, 6.07) is 1.79. The lowest BCUT2D eigenvalue weighted by Crippen LogP contribution is -2.25. The van der Waals surface area contributed by atoms with Gasteiger partial charge in [0.25, 0.3) is 0 Å². The first-order valence-electron chi connectivity index (χ1n) is 3.38. The molecule has 0 radical (unpaired) electrons. The molecule has 0 bridgehead atoms. The van der Waals surface area contributed by atoms with E-state index in [1.807, 2.05) is 6.92 Å². The SMILES string of the molecule is CCN1CC(=O)C(C#N)=C1N. The Balaban J connectivity index is 2.97. The molecular formula is C7H9N3O. The molecule has 0 saturated carbocycles. The molecule has 0 aromatic rings. The summed E-state index contributed by atoms with van der Waals surface area (Å²) in [5, 5.41) is 8.48. The minimum atomic E-state index is -0.174. The van der Waals surface area contributed by atoms with Crippen molar-refractivity contribution >= 4 is 5.78 Å². The largest absolute Gasteiger partial charge is 0.384 e. The average Bonchev–Trinajstić information content (AvgIpc) is 2.26. The summed E-state index contributed by atoms with van der Waals surface area (Å²) in [6.07, 6.45) is 0. The van der Waals surface area contributed by atoms with Crippen molar-refractivity contribution in [3.63, 3.8) is 0 Å². The number of nitrogens with zero attached hydrogens (tertiary/aromatic N) is 2. The molecule has 2 N–H and O–H groups in total. The summed E-state index contributed by atoms with van der Waals surface area (Å²) < 4.78 is 0. The fourth-order valence-corrected chi connectivity index (χ4v) is 1.04. The third kappa shape index (κ3) is 1.05. The molecule has 58 valence electrons. The summed E-state index contributed by atoms with van der Waals surface area (Å²) in [5.41, 5.74) is 5.60. The molecule has 4 nitrogen and oxygen atoms in total. The minimum absolute atomic E-state index is 0.104. The number of likely N-dealkylation sites (N-methyl/N-ethyl adjacent to an activating group) is 1. The predicted molar refractivity (Wildman–Crippen MR) is 39.1 cm³/mol. The van der Waals surface area contributed by atoms with Crippen molar-refractivity contribution in [1.29, 1.82) is 5.26 Å². The van der Waals surface area contributed by atoms with Crippen LogP contribution < -0.4 is 5.73 Å². The van der Waals surface area contributed by atoms with E-state index in [0.717, 1.165) is 0 Å². The zero-order valence-corrected chi connectivity index (χ0v) is 6.29. The number of hydrogen-bond donors (Lipinski definition) is 1. The Morgan fingerprint density at radius 2 is 2.45 bits per heavy atom. The molecule has 11 heavy (non-hydrogen) atoms. The van der Waals surface area contributed by atoms with E-state index < -0.39 is 0 Å². The fourth-order valence-electron chi connectivity index (χ4n) is 1.04. The van der Waals surface area contributed by atoms with Crippen LogP contribution in [0.4, 0.5) is 0 Å². The Morgan fingerprint density at radius 1 is 1.82 bits per heavy atom. The summed E-state index contributed by atoms with van der Waals surface area (Å²) in [7, 11) is 0. The van der Waals surface area contributed by atoms with Crippen LogP contribution in [-0.2, 0) is 4.79 Å². The summed E-state index contributed by atoms with van der Waals surface area (Å²) in [6.45, 7) is 2.81. The molecule has 0 aromatic heterocycles. The lowest BCUT2D eigenvalue weighted by Gasteiger charge is -2.14. The van der Waals surface area contributed by atoms with Gasteiger partial charge in [-0.05, 0) is 6.92 Å². The quantitative estimate of drug-likeness (QED) is 0.552. The number of nitrogens with two attached hydrogens (primary N) is 1. The van der Waals surface area contributed by atoms with Crippen LogP contribution in [0.25, 0.3) is 0 Å². The van der Waals surface area contributed by atoms with E-state index in [-0.39, 0.29) is 17.9 Å². The van der Waals surface area contributed by atoms with Gasteiger partial charge in [0.2, 0.25) is 0 Å². The first-order chi connectivity index (χ1) is 5.20. The van der Waals surface area contributed by atoms with Crippen molar-refractivity contribution in [2.45, 2.75) is 6.92 Å². The van der Waals surface area contributed by atoms with Gasteiger partial charge in [-0.25, -0.2) is 0 Å². The summed E-state index contributed by atoms with van der Waals surface area (Å²) >= 11 is 0. The maximum Gasteiger partial charge on any atom is 0.196 e. The van der Waals surface area contributed by atoms with E-state index in [0.29, 0.717) is 12.4 Å². The third-order valence-corrected chi connectivity index (χ3v) is 1.70. The average molecular weight is 151 g/mol. The second-order valence-corrected chi connectivity index (χ2v) is 2.31. The van der Waals surface area contributed by atoms with Crippen LogP contribution in [0.15, 0.2) is 11.4 Å². The fraction of sp³-hybridized carbons (Fsp3) is 0.429. The summed E-state index contributed by atoms with van der Waals surface area (Å²) in [4.78, 5) is 12.7. The standard InChI is InChI=1S/C7H9N3O/c1-2-10-4-6(11)5(3-8)7(10)9/h2,4,9H2,1H3. The normalized spacial score (nSPS) is 17.5. The molecule has 0 fully saturated rings. The first kappa shape index (κ1) is 7.61. The van der Waals surface area contributed by atoms with Gasteiger partial charge in [0.1, 0.15) is 17.5 Å². The Labute approximate surface area is 64.9 Å². The van der Waals surface area contributed by atoms with Gasteiger partial charge in [-0.3, -0.25) is 4.79 Å². The Bertz CT molecular complexity index is 261. The number of rotatable bonds is 1. The van der Waals surface area contributed by atoms with Gasteiger partial charge in [0, 0.05) is 6.54 Å². The van der Waals surface area contributed by atoms with Crippen molar-refractivity contribution in [3.8, 4) is 6.07 Å². The molecule has 0 unspecified atom stereocenters. The van der Waals surface area contributed by atoms with Gasteiger partial charge in [-0.2, -0.15) is 5.26 Å². The van der Waals surface area contributed by atoms with Crippen LogP contribution in [0.5, 0.6) is 0 Å². The van der Waals surface area contributed by atoms with E-state index in [9.17, 15) is 4.79 Å². The van der Waals surface area contributed by atoms with E-state index in [2.05, 4.69) is 0 Å². The molecule has 0 aliphatic carbocycles. The van der Waals surface area contributed by atoms with Crippen LogP contribution in [0.1, 0.15) is 6.92 Å². The molecule has 0 atom stereocenters. The molecule has 4 heteroatoms. The zero-order chi connectivity index (χ0) is 8.43. The highest BCUT2D eigenvalue weighted by Crippen LogP contribution is 2.13. The van der Waals surface area contributed by atoms with Gasteiger partial charge in [-0.15, -0.1) is 0 Å². The van der Waals surface area contributed by atoms with Crippen LogP contribution in [0.2, 0.25) is 0 Å². The first-order valence-corrected chi connectivity index (χ1v) is 3.38. The van der Waals surface area contributed by atoms with Gasteiger partial charge in [-0.1, -0.05) is 0 Å². The molecule has 0 aromatic carbocycles. The second-order valence-electron chi connectivity index (χ2n) is 2.31. The lowest BCUT2D eigenvalue weighted by atomic mass is 10.2. The van der Waals surface area contributed by atoms with Crippen LogP contribution in [0, 0.1) is 11.3 Å². The molecule has 0 spiro atoms. The second kappa shape index (κ2) is 2.62. The van der Waals surface area contributed by atoms with Crippen molar-refractivity contribution < 1.29 is 4.79 Å². The molecule has 0 saturated heterocycles. The molecule has 1 heterocycles. The highest BCUT2D eigenvalue weighted by atomic mass is 16.1. The Kier molecular flexibility index (Phi) is 1.81. The highest BCUT2D eigenvalue weighted by molar-refractivity contribution is 6.03. The van der Waals surface area contributed by atoms with E-state index in [1.165, 1.54) is 0 Å². The van der Waals surface area contributed by atoms with Crippen molar-refractivity contribution in [2.75, 3.05) is 13.1 Å². The van der Waals surface area contributed by atoms with Crippen molar-refractivity contribution in [1.82, 2.24) is 4.90 Å². The highest BCUT2D eigenvalue weighted by Gasteiger charge is 2.26. The Morgan fingerprint density at radius 3 is 2.73 bits per heavy atom. The Hall–Kier alpha value is -1.50. The van der Waals surface area contributed by atoms with Gasteiger partial charge in [0.05, 0.1) is 6.54 Å². The molecule has 1 aliphatic rings. The number of hydrogen-bond acceptors (Lipinski definition) is 4. The topological polar surface area (TPSA) is 70.1 Å². The maximum absolute atomic E-state index is 11.0. The maximum atomic E-state index is 11.0. The number of carbonyl (C=O) groups is 1. The van der Waals surface area contributed by atoms with Crippen LogP contribution in [-0.4, -0.2) is 23.8 Å². The smallest absolute Gasteiger partial charge is 0.196 e. The van der Waals surface area contributed by atoms with E-state index in [1.54, 1.807) is 11.0 Å². The van der Waals surface area contributed by atoms with Gasteiger partial charge in [0.15, 0.2) is 5.78 Å². The molecule has 0 amide bonds. The van der Waals surface area contributed by atoms with Crippen molar-refractivity contribution in [2.24, 2.45) is 5.73 Å². The molecule has 1 aliphatic heterocycles. The minimum Gasteiger partial charge on any atom is -0.384 e. The number of carbonyl (C=O) groups excluding carboxylic acids is 1. The summed E-state index contributed by atoms with van der Waals surface area (Å²) in [5.74, 6) is 0.145.